The number of hydrogen-bond donors (Lipinski definition) is 0. The summed E-state index contributed by atoms with van der Waals surface area (Å²) < 4.78 is 0. The molecule has 0 amide bonds. The van der Waals surface area contributed by atoms with Crippen LogP contribution in [0.4, 0.5) is 5.82 Å². The van der Waals surface area contributed by atoms with Crippen LogP contribution in [0.2, 0.25) is 5.15 Å². The quantitative estimate of drug-likeness (QED) is 0.743. The monoisotopic (exact) mass is 239 g/mol. The minimum Gasteiger partial charge on any atom is -0.357 e. The van der Waals surface area contributed by atoms with Crippen LogP contribution in [0.3, 0.4) is 0 Å². The molecule has 0 aromatic carbocycles. The van der Waals surface area contributed by atoms with Crippen LogP contribution < -0.4 is 4.90 Å². The number of anilines is 1. The number of halogens is 1. The minimum atomic E-state index is 0.515. The Bertz CT molecular complexity index is 348. The van der Waals surface area contributed by atoms with Crippen molar-refractivity contribution >= 4 is 17.4 Å². The Balaban J connectivity index is 2.04. The SMILES string of the molecule is CC1CCC(N(C)c2cc(Cl)ncn2)CC1. The van der Waals surface area contributed by atoms with Crippen molar-refractivity contribution in [3.63, 3.8) is 0 Å². The van der Waals surface area contributed by atoms with Crippen molar-refractivity contribution in [2.75, 3.05) is 11.9 Å². The summed E-state index contributed by atoms with van der Waals surface area (Å²) >= 11 is 5.87. The van der Waals surface area contributed by atoms with Gasteiger partial charge in [0.05, 0.1) is 0 Å². The lowest BCUT2D eigenvalue weighted by Crippen LogP contribution is -2.35. The van der Waals surface area contributed by atoms with Crippen molar-refractivity contribution in [2.24, 2.45) is 5.92 Å². The van der Waals surface area contributed by atoms with Crippen molar-refractivity contribution in [1.82, 2.24) is 9.97 Å². The maximum atomic E-state index is 5.87. The second-order valence-electron chi connectivity index (χ2n) is 4.72. The van der Waals surface area contributed by atoms with Crippen LogP contribution in [0.1, 0.15) is 32.6 Å². The van der Waals surface area contributed by atoms with E-state index in [1.807, 2.05) is 6.07 Å². The molecule has 1 heterocycles. The van der Waals surface area contributed by atoms with Gasteiger partial charge in [0.25, 0.3) is 0 Å². The number of hydrogen-bond acceptors (Lipinski definition) is 3. The topological polar surface area (TPSA) is 29.0 Å². The van der Waals surface area contributed by atoms with E-state index in [1.165, 1.54) is 32.0 Å². The zero-order valence-electron chi connectivity index (χ0n) is 9.86. The van der Waals surface area contributed by atoms with Gasteiger partial charge >= 0.3 is 0 Å². The summed E-state index contributed by atoms with van der Waals surface area (Å²) in [5, 5.41) is 0.515. The Morgan fingerprint density at radius 3 is 2.56 bits per heavy atom. The average molecular weight is 240 g/mol. The largest absolute Gasteiger partial charge is 0.357 e. The van der Waals surface area contributed by atoms with E-state index in [1.54, 1.807) is 0 Å². The third-order valence-electron chi connectivity index (χ3n) is 3.51. The molecule has 0 bridgehead atoms. The second kappa shape index (κ2) is 5.00. The molecule has 4 heteroatoms. The van der Waals surface area contributed by atoms with E-state index in [9.17, 15) is 0 Å². The van der Waals surface area contributed by atoms with E-state index in [0.717, 1.165) is 11.7 Å². The predicted octanol–water partition coefficient (Wildman–Crippen LogP) is 3.14. The first kappa shape index (κ1) is 11.6. The molecular weight excluding hydrogens is 222 g/mol. The molecule has 1 aliphatic rings. The van der Waals surface area contributed by atoms with E-state index in [2.05, 4.69) is 28.8 Å². The van der Waals surface area contributed by atoms with Crippen LogP contribution in [0.5, 0.6) is 0 Å². The summed E-state index contributed by atoms with van der Waals surface area (Å²) in [4.78, 5) is 10.4. The van der Waals surface area contributed by atoms with E-state index < -0.39 is 0 Å². The molecule has 2 rings (SSSR count). The van der Waals surface area contributed by atoms with Gasteiger partial charge in [-0.05, 0) is 31.6 Å². The van der Waals surface area contributed by atoms with E-state index in [0.29, 0.717) is 11.2 Å². The molecule has 1 aromatic rings. The average Bonchev–Trinajstić information content (AvgIpc) is 2.29. The van der Waals surface area contributed by atoms with Crippen molar-refractivity contribution in [3.8, 4) is 0 Å². The van der Waals surface area contributed by atoms with Crippen molar-refractivity contribution in [1.29, 1.82) is 0 Å². The fraction of sp³-hybridized carbons (Fsp3) is 0.667. The zero-order chi connectivity index (χ0) is 11.5. The predicted molar refractivity (Wildman–Crippen MR) is 66.9 cm³/mol. The minimum absolute atomic E-state index is 0.515. The number of aromatic nitrogens is 2. The number of rotatable bonds is 2. The molecule has 0 aliphatic heterocycles. The maximum absolute atomic E-state index is 5.87. The second-order valence-corrected chi connectivity index (χ2v) is 5.11. The summed E-state index contributed by atoms with van der Waals surface area (Å²) in [6, 6.07) is 2.43. The van der Waals surface area contributed by atoms with Crippen LogP contribution in [0, 0.1) is 5.92 Å². The highest BCUT2D eigenvalue weighted by Gasteiger charge is 2.22. The first-order chi connectivity index (χ1) is 7.66. The molecule has 1 aromatic heterocycles. The highest BCUT2D eigenvalue weighted by atomic mass is 35.5. The Kier molecular flexibility index (Phi) is 3.64. The Labute approximate surface area is 102 Å². The first-order valence-electron chi connectivity index (χ1n) is 5.87. The molecule has 0 N–H and O–H groups in total. The smallest absolute Gasteiger partial charge is 0.134 e. The molecule has 0 unspecified atom stereocenters. The molecule has 0 radical (unpaired) electrons. The first-order valence-corrected chi connectivity index (χ1v) is 6.25. The molecule has 0 spiro atoms. The van der Waals surface area contributed by atoms with Gasteiger partial charge in [0.15, 0.2) is 0 Å². The highest BCUT2D eigenvalue weighted by molar-refractivity contribution is 6.29. The van der Waals surface area contributed by atoms with Crippen molar-refractivity contribution in [2.45, 2.75) is 38.6 Å². The molecule has 0 atom stereocenters. The van der Waals surface area contributed by atoms with Gasteiger partial charge in [0.1, 0.15) is 17.3 Å². The molecule has 16 heavy (non-hydrogen) atoms. The number of nitrogens with zero attached hydrogens (tertiary/aromatic N) is 3. The van der Waals surface area contributed by atoms with Crippen LogP contribution in [0.15, 0.2) is 12.4 Å². The third kappa shape index (κ3) is 2.64. The lowest BCUT2D eigenvalue weighted by Gasteiger charge is -2.34. The van der Waals surface area contributed by atoms with Gasteiger partial charge in [0.2, 0.25) is 0 Å². The third-order valence-corrected chi connectivity index (χ3v) is 3.72. The molecule has 88 valence electrons. The fourth-order valence-electron chi connectivity index (χ4n) is 2.33. The molecular formula is C12H18ClN3. The summed E-state index contributed by atoms with van der Waals surface area (Å²) in [7, 11) is 2.10. The van der Waals surface area contributed by atoms with Gasteiger partial charge in [-0.2, -0.15) is 0 Å². The Morgan fingerprint density at radius 1 is 1.25 bits per heavy atom. The van der Waals surface area contributed by atoms with Crippen LogP contribution >= 0.6 is 11.6 Å². The van der Waals surface area contributed by atoms with Gasteiger partial charge in [0, 0.05) is 19.2 Å². The van der Waals surface area contributed by atoms with Gasteiger partial charge in [-0.3, -0.25) is 0 Å². The normalized spacial score (nSPS) is 25.4. The lowest BCUT2D eigenvalue weighted by molar-refractivity contribution is 0.340. The molecule has 3 nitrogen and oxygen atoms in total. The van der Waals surface area contributed by atoms with Gasteiger partial charge in [-0.15, -0.1) is 0 Å². The van der Waals surface area contributed by atoms with Crippen molar-refractivity contribution < 1.29 is 0 Å². The molecule has 1 saturated carbocycles. The summed E-state index contributed by atoms with van der Waals surface area (Å²) in [5.74, 6) is 1.80. The van der Waals surface area contributed by atoms with Crippen LogP contribution in [-0.2, 0) is 0 Å². The molecule has 1 aliphatic carbocycles. The van der Waals surface area contributed by atoms with Crippen molar-refractivity contribution in [3.05, 3.63) is 17.5 Å². The zero-order valence-corrected chi connectivity index (χ0v) is 10.6. The fourth-order valence-corrected chi connectivity index (χ4v) is 2.48. The highest BCUT2D eigenvalue weighted by Crippen LogP contribution is 2.28. The Hall–Kier alpha value is -0.830. The van der Waals surface area contributed by atoms with Gasteiger partial charge < -0.3 is 4.90 Å². The van der Waals surface area contributed by atoms with E-state index >= 15 is 0 Å². The van der Waals surface area contributed by atoms with Crippen LogP contribution in [0.25, 0.3) is 0 Å². The van der Waals surface area contributed by atoms with E-state index in [4.69, 9.17) is 11.6 Å². The maximum Gasteiger partial charge on any atom is 0.134 e. The lowest BCUT2D eigenvalue weighted by atomic mass is 9.87. The van der Waals surface area contributed by atoms with Gasteiger partial charge in [-0.25, -0.2) is 9.97 Å². The summed E-state index contributed by atoms with van der Waals surface area (Å²) in [6.07, 6.45) is 6.65. The summed E-state index contributed by atoms with van der Waals surface area (Å²) in [6.45, 7) is 2.33. The van der Waals surface area contributed by atoms with Gasteiger partial charge in [-0.1, -0.05) is 18.5 Å². The Morgan fingerprint density at radius 2 is 1.94 bits per heavy atom. The van der Waals surface area contributed by atoms with Crippen LogP contribution in [-0.4, -0.2) is 23.1 Å². The standard InChI is InChI=1S/C12H18ClN3/c1-9-3-5-10(6-4-9)16(2)12-7-11(13)14-8-15-12/h7-10H,3-6H2,1-2H3. The summed E-state index contributed by atoms with van der Waals surface area (Å²) in [5.41, 5.74) is 0. The molecule has 0 saturated heterocycles. The van der Waals surface area contributed by atoms with E-state index in [-0.39, 0.29) is 0 Å². The molecule has 1 fully saturated rings.